The van der Waals surface area contributed by atoms with E-state index in [0.717, 1.165) is 23.2 Å². The summed E-state index contributed by atoms with van der Waals surface area (Å²) in [5, 5.41) is 12.5. The van der Waals surface area contributed by atoms with Gasteiger partial charge in [-0.2, -0.15) is 13.2 Å². The van der Waals surface area contributed by atoms with E-state index in [9.17, 15) is 23.1 Å². The molecule has 0 aliphatic carbocycles. The molecule has 0 radical (unpaired) electrons. The predicted molar refractivity (Wildman–Crippen MR) is 143 cm³/mol. The number of aryl methyl sites for hydroxylation is 2. The Morgan fingerprint density at radius 2 is 2.15 bits per heavy atom. The van der Waals surface area contributed by atoms with Crippen molar-refractivity contribution in [2.75, 3.05) is 17.3 Å². The molecule has 204 valence electrons. The number of thiophene rings is 1. The first-order chi connectivity index (χ1) is 18.6. The molecule has 1 aliphatic rings. The summed E-state index contributed by atoms with van der Waals surface area (Å²) in [6, 6.07) is 8.07. The van der Waals surface area contributed by atoms with Gasteiger partial charge in [-0.1, -0.05) is 6.08 Å². The van der Waals surface area contributed by atoms with E-state index in [-0.39, 0.29) is 23.6 Å². The third-order valence-corrected chi connectivity index (χ3v) is 7.43. The third kappa shape index (κ3) is 5.73. The Labute approximate surface area is 225 Å². The highest BCUT2D eigenvalue weighted by Gasteiger charge is 2.41. The molecule has 9 nitrogen and oxygen atoms in total. The van der Waals surface area contributed by atoms with Gasteiger partial charge < -0.3 is 19.0 Å². The van der Waals surface area contributed by atoms with E-state index in [1.807, 2.05) is 16.7 Å². The number of carbonyl (C=O) groups excluding carboxylic acids is 1. The smallest absolute Gasteiger partial charge is 0.433 e. The summed E-state index contributed by atoms with van der Waals surface area (Å²) in [6.07, 6.45) is 1.22. The van der Waals surface area contributed by atoms with Gasteiger partial charge in [0.1, 0.15) is 0 Å². The molecule has 4 aromatic rings. The van der Waals surface area contributed by atoms with Crippen molar-refractivity contribution in [3.05, 3.63) is 59.4 Å². The number of nitrogens with one attached hydrogen (secondary N) is 1. The number of nitrogens with zero attached hydrogens (tertiary/aromatic N) is 5. The molecule has 1 amide bonds. The summed E-state index contributed by atoms with van der Waals surface area (Å²) in [5.74, 6) is 0.946. The molecule has 0 bridgehead atoms. The zero-order valence-electron chi connectivity index (χ0n) is 21.0. The molecule has 2 unspecified atom stereocenters. The molecule has 0 spiro atoms. The van der Waals surface area contributed by atoms with Crippen LogP contribution in [-0.2, 0) is 6.54 Å². The number of aliphatic hydroxyl groups is 1. The number of fused-ring (bicyclic) bond motifs is 1. The molecule has 0 fully saturated rings. The first-order valence-corrected chi connectivity index (χ1v) is 12.9. The second kappa shape index (κ2) is 10.7. The molecule has 13 heteroatoms. The Morgan fingerprint density at radius 1 is 1.33 bits per heavy atom. The third-order valence-electron chi connectivity index (χ3n) is 6.33. The van der Waals surface area contributed by atoms with Gasteiger partial charge >= 0.3 is 6.18 Å². The maximum atomic E-state index is 13.2. The summed E-state index contributed by atoms with van der Waals surface area (Å²) in [5.41, 5.74) is 1.13. The van der Waals surface area contributed by atoms with Gasteiger partial charge in [-0.15, -0.1) is 11.3 Å². The minimum absolute atomic E-state index is 0.0635. The Kier molecular flexibility index (Phi) is 7.28. The lowest BCUT2D eigenvalue weighted by molar-refractivity contribution is -0.202. The summed E-state index contributed by atoms with van der Waals surface area (Å²) < 4.78 is 46.6. The molecule has 0 saturated carbocycles. The lowest BCUT2D eigenvalue weighted by Gasteiger charge is -2.27. The lowest BCUT2D eigenvalue weighted by Crippen LogP contribution is -2.43. The van der Waals surface area contributed by atoms with E-state index >= 15 is 0 Å². The second-order valence-electron chi connectivity index (χ2n) is 9.05. The van der Waals surface area contributed by atoms with Crippen LogP contribution in [0.5, 0.6) is 0 Å². The van der Waals surface area contributed by atoms with E-state index < -0.39 is 12.4 Å². The number of alkyl halides is 3. The normalized spacial score (nSPS) is 16.1. The van der Waals surface area contributed by atoms with Crippen molar-refractivity contribution in [1.29, 1.82) is 0 Å². The molecule has 1 aromatic carbocycles. The Morgan fingerprint density at radius 3 is 2.85 bits per heavy atom. The van der Waals surface area contributed by atoms with Crippen LogP contribution in [0.2, 0.25) is 0 Å². The highest BCUT2D eigenvalue weighted by molar-refractivity contribution is 7.17. The van der Waals surface area contributed by atoms with Crippen LogP contribution < -0.4 is 10.2 Å². The number of amides is 1. The summed E-state index contributed by atoms with van der Waals surface area (Å²) in [4.78, 5) is 28.2. The molecular weight excluding hydrogens is 533 g/mol. The van der Waals surface area contributed by atoms with Crippen LogP contribution in [0.25, 0.3) is 21.7 Å². The fraction of sp³-hybridized carbons (Fsp3) is 0.308. The highest BCUT2D eigenvalue weighted by atomic mass is 32.1. The number of anilines is 2. The van der Waals surface area contributed by atoms with Gasteiger partial charge in [0.05, 0.1) is 33.0 Å². The summed E-state index contributed by atoms with van der Waals surface area (Å²) >= 11 is 1.24. The van der Waals surface area contributed by atoms with Crippen LogP contribution >= 0.6 is 11.3 Å². The number of allylic oxidation sites excluding steroid dienone is 1. The number of hydrogen-bond acceptors (Lipinski definition) is 8. The van der Waals surface area contributed by atoms with Crippen LogP contribution in [-0.4, -0.2) is 57.3 Å². The number of hydrogen-bond donors (Lipinski definition) is 2. The van der Waals surface area contributed by atoms with Crippen molar-refractivity contribution in [1.82, 2.24) is 14.5 Å². The number of dihydropyridines is 1. The van der Waals surface area contributed by atoms with E-state index in [0.29, 0.717) is 40.5 Å². The Bertz CT molecular complexity index is 1550. The zero-order valence-corrected chi connectivity index (χ0v) is 21.8. The molecule has 39 heavy (non-hydrogen) atoms. The maximum Gasteiger partial charge on any atom is 0.433 e. The first-order valence-electron chi connectivity index (χ1n) is 12.1. The Balaban J connectivity index is 1.44. The molecule has 0 saturated heterocycles. The number of aliphatic hydroxyl groups excluding tert-OH is 1. The minimum Gasteiger partial charge on any atom is -0.440 e. The van der Waals surface area contributed by atoms with Crippen molar-refractivity contribution >= 4 is 46.1 Å². The largest absolute Gasteiger partial charge is 0.440 e. The Hall–Kier alpha value is -3.97. The fourth-order valence-electron chi connectivity index (χ4n) is 4.25. The molecule has 2 atom stereocenters. The first kappa shape index (κ1) is 26.6. The zero-order chi connectivity index (χ0) is 27.7. The molecule has 3 aromatic heterocycles. The topological polar surface area (TPSA) is 109 Å². The van der Waals surface area contributed by atoms with Gasteiger partial charge in [-0.3, -0.25) is 15.1 Å². The number of halogens is 3. The van der Waals surface area contributed by atoms with Gasteiger partial charge in [-0.05, 0) is 49.2 Å². The van der Waals surface area contributed by atoms with E-state index in [2.05, 4.69) is 20.3 Å². The van der Waals surface area contributed by atoms with E-state index in [1.54, 1.807) is 37.5 Å². The quantitative estimate of drug-likeness (QED) is 0.280. The lowest BCUT2D eigenvalue weighted by atomic mass is 10.1. The van der Waals surface area contributed by atoms with Crippen molar-refractivity contribution in [3.63, 3.8) is 0 Å². The average Bonchev–Trinajstić information content (AvgIpc) is 3.64. The summed E-state index contributed by atoms with van der Waals surface area (Å²) in [7, 11) is 1.15. The van der Waals surface area contributed by atoms with Crippen LogP contribution in [0.4, 0.5) is 24.8 Å². The van der Waals surface area contributed by atoms with Crippen LogP contribution in [0.1, 0.15) is 28.4 Å². The molecular formula is C26H25F3N6O3S. The number of carbonyl (C=O) groups is 1. The van der Waals surface area contributed by atoms with Crippen molar-refractivity contribution in [2.24, 2.45) is 4.99 Å². The van der Waals surface area contributed by atoms with Crippen LogP contribution in [0.15, 0.2) is 58.1 Å². The van der Waals surface area contributed by atoms with Crippen LogP contribution in [0, 0.1) is 6.92 Å². The van der Waals surface area contributed by atoms with Gasteiger partial charge in [0.2, 0.25) is 12.2 Å². The minimum atomic E-state index is -4.82. The number of imidazole rings is 1. The number of benzene rings is 1. The standard InChI is InChI=1S/C26H25F3N6O3S/c1-15-31-14-20(38-15)21-8-9-22(39-21)23(36)33-25-32-18-13-17(34(2)24(37)26(27,28)29)6-7-19(18)35(25)12-10-16-5-3-4-11-30-16/h3-4,6-9,11,13-14,16,24,37H,5,10,12H2,1-2H3,(H,32,33,36). The van der Waals surface area contributed by atoms with Crippen molar-refractivity contribution < 1.29 is 27.5 Å². The van der Waals surface area contributed by atoms with E-state index in [4.69, 9.17) is 4.42 Å². The summed E-state index contributed by atoms with van der Waals surface area (Å²) in [6.45, 7) is 2.20. The number of rotatable bonds is 8. The average molecular weight is 559 g/mol. The second-order valence-corrected chi connectivity index (χ2v) is 10.1. The molecule has 5 rings (SSSR count). The van der Waals surface area contributed by atoms with Crippen molar-refractivity contribution in [3.8, 4) is 10.6 Å². The van der Waals surface area contributed by atoms with Gasteiger partial charge in [0.25, 0.3) is 5.91 Å². The predicted octanol–water partition coefficient (Wildman–Crippen LogP) is 5.42. The number of aromatic nitrogens is 3. The van der Waals surface area contributed by atoms with E-state index in [1.165, 1.54) is 23.5 Å². The van der Waals surface area contributed by atoms with Gasteiger partial charge in [0, 0.05) is 32.4 Å². The SMILES string of the molecule is Cc1ncc(-c2ccc(C(=O)Nc3nc4cc(N(C)C(O)C(F)(F)F)ccc4n3CCC3CC=CC=N3)s2)o1. The number of aliphatic imine (C=N–C) groups is 1. The monoisotopic (exact) mass is 558 g/mol. The maximum absolute atomic E-state index is 13.2. The number of oxazole rings is 1. The fourth-order valence-corrected chi connectivity index (χ4v) is 5.10. The van der Waals surface area contributed by atoms with Crippen LogP contribution in [0.3, 0.4) is 0 Å². The highest BCUT2D eigenvalue weighted by Crippen LogP contribution is 2.32. The molecule has 2 N–H and O–H groups in total. The van der Waals surface area contributed by atoms with Gasteiger partial charge in [-0.25, -0.2) is 9.97 Å². The molecule has 4 heterocycles. The van der Waals surface area contributed by atoms with Crippen molar-refractivity contribution in [2.45, 2.75) is 44.8 Å². The van der Waals surface area contributed by atoms with Gasteiger partial charge in [0.15, 0.2) is 11.7 Å². The molecule has 1 aliphatic heterocycles.